The third kappa shape index (κ3) is 4.32. The lowest BCUT2D eigenvalue weighted by Gasteiger charge is -2.27. The summed E-state index contributed by atoms with van der Waals surface area (Å²) in [6.45, 7) is 1.96. The number of nitrogens with zero attached hydrogens (tertiary/aromatic N) is 1. The highest BCUT2D eigenvalue weighted by atomic mass is 16.6. The molecular formula is C20H20N2O2. The molecule has 1 amide bonds. The van der Waals surface area contributed by atoms with Crippen LogP contribution in [0.15, 0.2) is 73.0 Å². The van der Waals surface area contributed by atoms with Crippen LogP contribution < -0.4 is 10.1 Å². The highest BCUT2D eigenvalue weighted by Gasteiger charge is 2.24. The van der Waals surface area contributed by atoms with Crippen LogP contribution >= 0.6 is 0 Å². The summed E-state index contributed by atoms with van der Waals surface area (Å²) in [4.78, 5) is 16.4. The summed E-state index contributed by atoms with van der Waals surface area (Å²) >= 11 is 0. The van der Waals surface area contributed by atoms with Gasteiger partial charge < -0.3 is 10.1 Å². The Morgan fingerprint density at radius 3 is 2.71 bits per heavy atom. The Balaban J connectivity index is 1.57. The largest absolute Gasteiger partial charge is 0.413 e. The van der Waals surface area contributed by atoms with Crippen molar-refractivity contribution >= 4 is 6.09 Å². The molecule has 1 aromatic heterocycles. The molecule has 0 radical (unpaired) electrons. The molecule has 24 heavy (non-hydrogen) atoms. The number of rotatable bonds is 4. The fourth-order valence-electron chi connectivity index (χ4n) is 2.57. The SMILES string of the molecule is CC1(NC(=O)Oc2ccc(Cc3ccccn3)cc2)C=CC=CC1. The molecule has 1 aromatic carbocycles. The lowest BCUT2D eigenvalue weighted by atomic mass is 9.94. The molecule has 4 nitrogen and oxygen atoms in total. The van der Waals surface area contributed by atoms with Gasteiger partial charge in [0.15, 0.2) is 0 Å². The van der Waals surface area contributed by atoms with Crippen LogP contribution in [0.3, 0.4) is 0 Å². The van der Waals surface area contributed by atoms with Gasteiger partial charge in [-0.25, -0.2) is 4.79 Å². The van der Waals surface area contributed by atoms with E-state index in [9.17, 15) is 4.79 Å². The standard InChI is InChI=1S/C20H20N2O2/c1-20(12-4-2-5-13-20)22-19(23)24-18-10-8-16(9-11-18)15-17-7-3-6-14-21-17/h2-12,14H,13,15H2,1H3,(H,22,23). The highest BCUT2D eigenvalue weighted by Crippen LogP contribution is 2.18. The van der Waals surface area contributed by atoms with Crippen molar-refractivity contribution in [2.75, 3.05) is 0 Å². The number of nitrogens with one attached hydrogen (secondary N) is 1. The number of hydrogen-bond acceptors (Lipinski definition) is 3. The van der Waals surface area contributed by atoms with Gasteiger partial charge in [0.05, 0.1) is 5.54 Å². The van der Waals surface area contributed by atoms with Crippen LogP contribution in [0.25, 0.3) is 0 Å². The zero-order chi connectivity index (χ0) is 16.8. The first-order valence-electron chi connectivity index (χ1n) is 7.96. The van der Waals surface area contributed by atoms with E-state index in [4.69, 9.17) is 4.74 Å². The molecule has 0 saturated heterocycles. The Morgan fingerprint density at radius 2 is 2.04 bits per heavy atom. The van der Waals surface area contributed by atoms with Gasteiger partial charge in [-0.2, -0.15) is 0 Å². The van der Waals surface area contributed by atoms with Crippen LogP contribution in [0.4, 0.5) is 4.79 Å². The molecule has 0 fully saturated rings. The monoisotopic (exact) mass is 320 g/mol. The summed E-state index contributed by atoms with van der Waals surface area (Å²) < 4.78 is 5.36. The van der Waals surface area contributed by atoms with Crippen LogP contribution in [-0.4, -0.2) is 16.6 Å². The zero-order valence-electron chi connectivity index (χ0n) is 13.6. The zero-order valence-corrected chi connectivity index (χ0v) is 13.6. The highest BCUT2D eigenvalue weighted by molar-refractivity contribution is 5.71. The number of amides is 1. The van der Waals surface area contributed by atoms with Crippen molar-refractivity contribution < 1.29 is 9.53 Å². The van der Waals surface area contributed by atoms with Gasteiger partial charge in [0.25, 0.3) is 0 Å². The first kappa shape index (κ1) is 16.0. The molecule has 2 aromatic rings. The van der Waals surface area contributed by atoms with Crippen LogP contribution in [-0.2, 0) is 6.42 Å². The van der Waals surface area contributed by atoms with Crippen molar-refractivity contribution in [3.05, 3.63) is 84.2 Å². The van der Waals surface area contributed by atoms with E-state index < -0.39 is 11.6 Å². The van der Waals surface area contributed by atoms with E-state index in [1.807, 2.05) is 61.6 Å². The summed E-state index contributed by atoms with van der Waals surface area (Å²) in [7, 11) is 0. The number of carbonyl (C=O) groups is 1. The molecule has 4 heteroatoms. The van der Waals surface area contributed by atoms with Crippen LogP contribution in [0.5, 0.6) is 5.75 Å². The quantitative estimate of drug-likeness (QED) is 0.925. The van der Waals surface area contributed by atoms with E-state index in [0.717, 1.165) is 24.1 Å². The van der Waals surface area contributed by atoms with Gasteiger partial charge in [0.1, 0.15) is 5.75 Å². The maximum atomic E-state index is 12.1. The van der Waals surface area contributed by atoms with E-state index in [2.05, 4.69) is 10.3 Å². The lowest BCUT2D eigenvalue weighted by Crippen LogP contribution is -2.45. The second kappa shape index (κ2) is 7.13. The molecule has 1 aliphatic rings. The maximum Gasteiger partial charge on any atom is 0.413 e. The average Bonchev–Trinajstić information content (AvgIpc) is 2.58. The molecule has 0 bridgehead atoms. The number of benzene rings is 1. The minimum Gasteiger partial charge on any atom is -0.410 e. The van der Waals surface area contributed by atoms with Crippen molar-refractivity contribution in [1.29, 1.82) is 0 Å². The third-order valence-electron chi connectivity index (χ3n) is 3.89. The minimum absolute atomic E-state index is 0.398. The first-order chi connectivity index (χ1) is 11.6. The van der Waals surface area contributed by atoms with Gasteiger partial charge in [-0.15, -0.1) is 0 Å². The first-order valence-corrected chi connectivity index (χ1v) is 7.96. The summed E-state index contributed by atoms with van der Waals surface area (Å²) in [6.07, 6.45) is 10.7. The van der Waals surface area contributed by atoms with Crippen molar-refractivity contribution in [2.24, 2.45) is 0 Å². The normalized spacial score (nSPS) is 19.0. The summed E-state index contributed by atoms with van der Waals surface area (Å²) in [5.41, 5.74) is 1.73. The van der Waals surface area contributed by atoms with Crippen LogP contribution in [0.2, 0.25) is 0 Å². The summed E-state index contributed by atoms with van der Waals surface area (Å²) in [5.74, 6) is 0.524. The minimum atomic E-state index is -0.449. The van der Waals surface area contributed by atoms with Crippen LogP contribution in [0.1, 0.15) is 24.6 Å². The Hall–Kier alpha value is -2.88. The average molecular weight is 320 g/mol. The molecule has 1 N–H and O–H groups in total. The van der Waals surface area contributed by atoms with E-state index in [-0.39, 0.29) is 0 Å². The molecule has 3 rings (SSSR count). The second-order valence-corrected chi connectivity index (χ2v) is 6.07. The molecular weight excluding hydrogens is 300 g/mol. The van der Waals surface area contributed by atoms with Crippen molar-refractivity contribution in [1.82, 2.24) is 10.3 Å². The van der Waals surface area contributed by atoms with Gasteiger partial charge in [-0.1, -0.05) is 42.5 Å². The molecule has 122 valence electrons. The molecule has 1 atom stereocenters. The van der Waals surface area contributed by atoms with Gasteiger partial charge >= 0.3 is 6.09 Å². The van der Waals surface area contributed by atoms with E-state index >= 15 is 0 Å². The molecule has 1 heterocycles. The summed E-state index contributed by atoms with van der Waals surface area (Å²) in [5, 5.41) is 2.89. The number of pyridine rings is 1. The molecule has 0 aliphatic heterocycles. The van der Waals surface area contributed by atoms with Gasteiger partial charge in [-0.05, 0) is 43.2 Å². The number of carbonyl (C=O) groups excluding carboxylic acids is 1. The fraction of sp³-hybridized carbons (Fsp3) is 0.200. The van der Waals surface area contributed by atoms with Crippen LogP contribution in [0, 0.1) is 0 Å². The van der Waals surface area contributed by atoms with Crippen molar-refractivity contribution in [3.8, 4) is 5.75 Å². The van der Waals surface area contributed by atoms with Gasteiger partial charge in [0.2, 0.25) is 0 Å². The lowest BCUT2D eigenvalue weighted by molar-refractivity contribution is 0.191. The van der Waals surface area contributed by atoms with Crippen molar-refractivity contribution in [2.45, 2.75) is 25.3 Å². The Kier molecular flexibility index (Phi) is 4.75. The summed E-state index contributed by atoms with van der Waals surface area (Å²) in [6, 6.07) is 13.4. The van der Waals surface area contributed by atoms with E-state index in [0.29, 0.717) is 5.75 Å². The topological polar surface area (TPSA) is 51.2 Å². The smallest absolute Gasteiger partial charge is 0.410 e. The predicted octanol–water partition coefficient (Wildman–Crippen LogP) is 4.04. The maximum absolute atomic E-state index is 12.1. The van der Waals surface area contributed by atoms with Gasteiger partial charge in [-0.3, -0.25) is 4.98 Å². The van der Waals surface area contributed by atoms with E-state index in [1.165, 1.54) is 0 Å². The fourth-order valence-corrected chi connectivity index (χ4v) is 2.57. The second-order valence-electron chi connectivity index (χ2n) is 6.07. The number of allylic oxidation sites excluding steroid dienone is 2. The van der Waals surface area contributed by atoms with Gasteiger partial charge in [0, 0.05) is 18.3 Å². The molecule has 1 unspecified atom stereocenters. The Bertz CT molecular complexity index is 751. The molecule has 0 spiro atoms. The number of aromatic nitrogens is 1. The van der Waals surface area contributed by atoms with Crippen molar-refractivity contribution in [3.63, 3.8) is 0 Å². The van der Waals surface area contributed by atoms with E-state index in [1.54, 1.807) is 18.3 Å². The number of hydrogen-bond donors (Lipinski definition) is 1. The molecule has 1 aliphatic carbocycles. The Labute approximate surface area is 141 Å². The third-order valence-corrected chi connectivity index (χ3v) is 3.89. The Morgan fingerprint density at radius 1 is 1.21 bits per heavy atom. The number of ether oxygens (including phenoxy) is 1. The molecule has 0 saturated carbocycles. The predicted molar refractivity (Wildman–Crippen MR) is 93.9 cm³/mol.